The minimum Gasteiger partial charge on any atom is -0.383 e. The standard InChI is InChI=1S/C10H18N4O/c1-6(2)8-9(12)13-7(4-3-5-11)14-10(8)15/h6H,3-5,11H2,1-2H3,(H3,12,13,14,15). The highest BCUT2D eigenvalue weighted by Gasteiger charge is 2.11. The van der Waals surface area contributed by atoms with Crippen molar-refractivity contribution in [2.45, 2.75) is 32.6 Å². The van der Waals surface area contributed by atoms with Crippen LogP contribution in [0.15, 0.2) is 4.79 Å². The van der Waals surface area contributed by atoms with Crippen molar-refractivity contribution in [1.29, 1.82) is 0 Å². The second-order valence-corrected chi connectivity index (χ2v) is 3.86. The number of nitrogens with two attached hydrogens (primary N) is 2. The van der Waals surface area contributed by atoms with Crippen LogP contribution in [-0.4, -0.2) is 16.5 Å². The van der Waals surface area contributed by atoms with Gasteiger partial charge in [0, 0.05) is 6.42 Å². The summed E-state index contributed by atoms with van der Waals surface area (Å²) in [7, 11) is 0. The summed E-state index contributed by atoms with van der Waals surface area (Å²) in [5, 5.41) is 0. The summed E-state index contributed by atoms with van der Waals surface area (Å²) in [6, 6.07) is 0. The van der Waals surface area contributed by atoms with Crippen molar-refractivity contribution in [3.05, 3.63) is 21.7 Å². The van der Waals surface area contributed by atoms with Gasteiger partial charge in [-0.05, 0) is 18.9 Å². The molecule has 0 saturated carbocycles. The molecule has 0 atom stereocenters. The molecule has 1 rings (SSSR count). The topological polar surface area (TPSA) is 97.8 Å². The van der Waals surface area contributed by atoms with Gasteiger partial charge in [0.15, 0.2) is 0 Å². The Morgan fingerprint density at radius 1 is 1.47 bits per heavy atom. The lowest BCUT2D eigenvalue weighted by molar-refractivity contribution is 0.758. The van der Waals surface area contributed by atoms with Gasteiger partial charge in [-0.3, -0.25) is 4.79 Å². The molecule has 1 aromatic heterocycles. The van der Waals surface area contributed by atoms with Crippen LogP contribution in [0.2, 0.25) is 0 Å². The normalized spacial score (nSPS) is 10.9. The first-order valence-corrected chi connectivity index (χ1v) is 5.15. The zero-order valence-corrected chi connectivity index (χ0v) is 9.21. The molecule has 0 saturated heterocycles. The molecule has 5 heteroatoms. The van der Waals surface area contributed by atoms with E-state index < -0.39 is 0 Å². The SMILES string of the molecule is CC(C)c1c(N)nc(CCCN)[nH]c1=O. The molecule has 15 heavy (non-hydrogen) atoms. The van der Waals surface area contributed by atoms with Crippen LogP contribution in [0.25, 0.3) is 0 Å². The molecule has 0 radical (unpaired) electrons. The van der Waals surface area contributed by atoms with Crippen molar-refractivity contribution in [3.8, 4) is 0 Å². The van der Waals surface area contributed by atoms with E-state index in [-0.39, 0.29) is 11.5 Å². The summed E-state index contributed by atoms with van der Waals surface area (Å²) in [5.41, 5.74) is 11.5. The predicted octanol–water partition coefficient (Wildman–Crippen LogP) is 0.367. The Kier molecular flexibility index (Phi) is 3.85. The van der Waals surface area contributed by atoms with Crippen LogP contribution >= 0.6 is 0 Å². The first-order chi connectivity index (χ1) is 7.06. The number of rotatable bonds is 4. The van der Waals surface area contributed by atoms with Gasteiger partial charge in [0.2, 0.25) is 0 Å². The van der Waals surface area contributed by atoms with E-state index >= 15 is 0 Å². The lowest BCUT2D eigenvalue weighted by Gasteiger charge is -2.08. The highest BCUT2D eigenvalue weighted by Crippen LogP contribution is 2.14. The summed E-state index contributed by atoms with van der Waals surface area (Å²) in [6.07, 6.45) is 1.46. The third kappa shape index (κ3) is 2.79. The van der Waals surface area contributed by atoms with Gasteiger partial charge >= 0.3 is 0 Å². The first-order valence-electron chi connectivity index (χ1n) is 5.15. The van der Waals surface area contributed by atoms with E-state index in [0.717, 1.165) is 6.42 Å². The summed E-state index contributed by atoms with van der Waals surface area (Å²) in [4.78, 5) is 18.5. The molecule has 5 nitrogen and oxygen atoms in total. The Hall–Kier alpha value is -1.36. The van der Waals surface area contributed by atoms with Gasteiger partial charge in [-0.1, -0.05) is 13.8 Å². The first kappa shape index (κ1) is 11.7. The minimum atomic E-state index is -0.135. The van der Waals surface area contributed by atoms with E-state index in [4.69, 9.17) is 11.5 Å². The molecular formula is C10H18N4O. The molecular weight excluding hydrogens is 192 g/mol. The van der Waals surface area contributed by atoms with E-state index in [0.29, 0.717) is 30.2 Å². The molecule has 0 aliphatic heterocycles. The molecule has 5 N–H and O–H groups in total. The molecule has 0 bridgehead atoms. The Labute approximate surface area is 88.9 Å². The molecule has 0 aliphatic carbocycles. The zero-order chi connectivity index (χ0) is 11.4. The number of aryl methyl sites for hydroxylation is 1. The average Bonchev–Trinajstić information content (AvgIpc) is 2.12. The zero-order valence-electron chi connectivity index (χ0n) is 9.21. The van der Waals surface area contributed by atoms with Gasteiger partial charge in [0.05, 0.1) is 5.56 Å². The smallest absolute Gasteiger partial charge is 0.256 e. The average molecular weight is 210 g/mol. The van der Waals surface area contributed by atoms with Crippen LogP contribution in [0.1, 0.15) is 37.6 Å². The predicted molar refractivity (Wildman–Crippen MR) is 60.7 cm³/mol. The fourth-order valence-electron chi connectivity index (χ4n) is 1.49. The molecule has 1 heterocycles. The molecule has 0 spiro atoms. The maximum Gasteiger partial charge on any atom is 0.256 e. The third-order valence-corrected chi connectivity index (χ3v) is 2.23. The molecule has 0 fully saturated rings. The van der Waals surface area contributed by atoms with Gasteiger partial charge in [0.1, 0.15) is 11.6 Å². The largest absolute Gasteiger partial charge is 0.383 e. The van der Waals surface area contributed by atoms with E-state index in [1.165, 1.54) is 0 Å². The second kappa shape index (κ2) is 4.93. The summed E-state index contributed by atoms with van der Waals surface area (Å²) in [6.45, 7) is 4.42. The van der Waals surface area contributed by atoms with Gasteiger partial charge in [-0.25, -0.2) is 4.98 Å². The van der Waals surface area contributed by atoms with Crippen molar-refractivity contribution in [1.82, 2.24) is 9.97 Å². The van der Waals surface area contributed by atoms with Crippen molar-refractivity contribution in [3.63, 3.8) is 0 Å². The van der Waals surface area contributed by atoms with Gasteiger partial charge in [-0.2, -0.15) is 0 Å². The summed E-state index contributed by atoms with van der Waals surface area (Å²) in [5.74, 6) is 1.04. The summed E-state index contributed by atoms with van der Waals surface area (Å²) >= 11 is 0. The molecule has 0 unspecified atom stereocenters. The fraction of sp³-hybridized carbons (Fsp3) is 0.600. The molecule has 0 aromatic carbocycles. The third-order valence-electron chi connectivity index (χ3n) is 2.23. The molecule has 1 aromatic rings. The lowest BCUT2D eigenvalue weighted by Crippen LogP contribution is -2.21. The number of H-pyrrole nitrogens is 1. The number of nitrogens with one attached hydrogen (secondary N) is 1. The number of aromatic amines is 1. The van der Waals surface area contributed by atoms with Crippen LogP contribution in [-0.2, 0) is 6.42 Å². The van der Waals surface area contributed by atoms with Crippen LogP contribution in [0.3, 0.4) is 0 Å². The number of aromatic nitrogens is 2. The lowest BCUT2D eigenvalue weighted by atomic mass is 10.1. The highest BCUT2D eigenvalue weighted by molar-refractivity contribution is 5.39. The van der Waals surface area contributed by atoms with Crippen LogP contribution < -0.4 is 17.0 Å². The molecule has 0 aliphatic rings. The Balaban J connectivity index is 3.03. The van der Waals surface area contributed by atoms with Crippen LogP contribution in [0, 0.1) is 0 Å². The van der Waals surface area contributed by atoms with Gasteiger partial charge in [-0.15, -0.1) is 0 Å². The number of hydrogen-bond donors (Lipinski definition) is 3. The van der Waals surface area contributed by atoms with Crippen LogP contribution in [0.5, 0.6) is 0 Å². The molecule has 0 amide bonds. The highest BCUT2D eigenvalue weighted by atomic mass is 16.1. The summed E-state index contributed by atoms with van der Waals surface area (Å²) < 4.78 is 0. The van der Waals surface area contributed by atoms with Gasteiger partial charge < -0.3 is 16.5 Å². The maximum atomic E-state index is 11.7. The van der Waals surface area contributed by atoms with E-state index in [1.807, 2.05) is 13.8 Å². The minimum absolute atomic E-state index is 0.0878. The van der Waals surface area contributed by atoms with Gasteiger partial charge in [0.25, 0.3) is 5.56 Å². The quantitative estimate of drug-likeness (QED) is 0.668. The number of hydrogen-bond acceptors (Lipinski definition) is 4. The van der Waals surface area contributed by atoms with E-state index in [9.17, 15) is 4.79 Å². The Morgan fingerprint density at radius 3 is 2.60 bits per heavy atom. The second-order valence-electron chi connectivity index (χ2n) is 3.86. The van der Waals surface area contributed by atoms with Crippen molar-refractivity contribution < 1.29 is 0 Å². The Bertz CT molecular complexity index is 383. The van der Waals surface area contributed by atoms with Crippen molar-refractivity contribution in [2.24, 2.45) is 5.73 Å². The fourth-order valence-corrected chi connectivity index (χ4v) is 1.49. The van der Waals surface area contributed by atoms with E-state index in [1.54, 1.807) is 0 Å². The molecule has 84 valence electrons. The van der Waals surface area contributed by atoms with Crippen molar-refractivity contribution in [2.75, 3.05) is 12.3 Å². The van der Waals surface area contributed by atoms with E-state index in [2.05, 4.69) is 9.97 Å². The Morgan fingerprint density at radius 2 is 2.13 bits per heavy atom. The van der Waals surface area contributed by atoms with Crippen LogP contribution in [0.4, 0.5) is 5.82 Å². The number of nitrogens with zero attached hydrogens (tertiary/aromatic N) is 1. The number of nitrogen functional groups attached to an aromatic ring is 1. The van der Waals surface area contributed by atoms with Crippen molar-refractivity contribution >= 4 is 5.82 Å². The maximum absolute atomic E-state index is 11.7. The monoisotopic (exact) mass is 210 g/mol. The number of anilines is 1.